The van der Waals surface area contributed by atoms with Crippen LogP contribution >= 0.6 is 0 Å². The van der Waals surface area contributed by atoms with Gasteiger partial charge in [0.1, 0.15) is 0 Å². The van der Waals surface area contributed by atoms with Crippen molar-refractivity contribution >= 4 is 23.5 Å². The molecule has 0 saturated carbocycles. The SMILES string of the molecule is COC(=O)C1CCN([C@@H]2CC(=O)N(c3cc(C)cc(C)c3)C2=O)CC1. The highest BCUT2D eigenvalue weighted by molar-refractivity contribution is 6.22. The Balaban J connectivity index is 1.73. The summed E-state index contributed by atoms with van der Waals surface area (Å²) in [4.78, 5) is 40.4. The van der Waals surface area contributed by atoms with Crippen LogP contribution in [-0.2, 0) is 19.1 Å². The summed E-state index contributed by atoms with van der Waals surface area (Å²) in [5.74, 6) is -0.615. The summed E-state index contributed by atoms with van der Waals surface area (Å²) in [6, 6.07) is 5.33. The molecule has 6 nitrogen and oxygen atoms in total. The first-order valence-corrected chi connectivity index (χ1v) is 8.67. The van der Waals surface area contributed by atoms with Gasteiger partial charge in [-0.2, -0.15) is 0 Å². The van der Waals surface area contributed by atoms with E-state index in [1.54, 1.807) is 0 Å². The van der Waals surface area contributed by atoms with E-state index in [1.165, 1.54) is 12.0 Å². The van der Waals surface area contributed by atoms with Gasteiger partial charge in [-0.25, -0.2) is 4.90 Å². The summed E-state index contributed by atoms with van der Waals surface area (Å²) in [5.41, 5.74) is 2.70. The zero-order valence-corrected chi connectivity index (χ0v) is 14.9. The summed E-state index contributed by atoms with van der Waals surface area (Å²) in [6.07, 6.45) is 1.52. The number of likely N-dealkylation sites (tertiary alicyclic amines) is 1. The van der Waals surface area contributed by atoms with Crippen molar-refractivity contribution in [3.8, 4) is 0 Å². The fraction of sp³-hybridized carbons (Fsp3) is 0.526. The second kappa shape index (κ2) is 6.96. The number of carbonyl (C=O) groups is 3. The Labute approximate surface area is 147 Å². The van der Waals surface area contributed by atoms with E-state index >= 15 is 0 Å². The summed E-state index contributed by atoms with van der Waals surface area (Å²) in [6.45, 7) is 5.17. The fourth-order valence-electron chi connectivity index (χ4n) is 3.87. The number of amides is 2. The average Bonchev–Trinajstić information content (AvgIpc) is 2.88. The number of carbonyl (C=O) groups excluding carboxylic acids is 3. The molecule has 0 aliphatic carbocycles. The van der Waals surface area contributed by atoms with Crippen molar-refractivity contribution < 1.29 is 19.1 Å². The minimum atomic E-state index is -0.424. The minimum Gasteiger partial charge on any atom is -0.469 e. The Kier molecular flexibility index (Phi) is 4.90. The predicted octanol–water partition coefficient (Wildman–Crippen LogP) is 1.82. The Morgan fingerprint density at radius 2 is 1.68 bits per heavy atom. The van der Waals surface area contributed by atoms with Crippen LogP contribution in [0.2, 0.25) is 0 Å². The number of anilines is 1. The van der Waals surface area contributed by atoms with Gasteiger partial charge in [0.15, 0.2) is 0 Å². The molecule has 6 heteroatoms. The number of piperidine rings is 1. The van der Waals surface area contributed by atoms with E-state index in [2.05, 4.69) is 0 Å². The van der Waals surface area contributed by atoms with Gasteiger partial charge in [-0.05, 0) is 63.0 Å². The van der Waals surface area contributed by atoms with Crippen molar-refractivity contribution in [1.29, 1.82) is 0 Å². The molecule has 2 aliphatic rings. The molecular weight excluding hydrogens is 320 g/mol. The molecule has 2 heterocycles. The minimum absolute atomic E-state index is 0.107. The number of esters is 1. The summed E-state index contributed by atoms with van der Waals surface area (Å²) >= 11 is 0. The third-order valence-electron chi connectivity index (χ3n) is 5.09. The van der Waals surface area contributed by atoms with Crippen LogP contribution in [0.1, 0.15) is 30.4 Å². The maximum atomic E-state index is 12.9. The van der Waals surface area contributed by atoms with Gasteiger partial charge in [0, 0.05) is 0 Å². The van der Waals surface area contributed by atoms with Crippen molar-refractivity contribution in [2.75, 3.05) is 25.1 Å². The lowest BCUT2D eigenvalue weighted by atomic mass is 9.95. The van der Waals surface area contributed by atoms with Gasteiger partial charge in [0.25, 0.3) is 5.91 Å². The normalized spacial score (nSPS) is 22.5. The molecule has 0 N–H and O–H groups in total. The largest absolute Gasteiger partial charge is 0.469 e. The molecule has 0 spiro atoms. The van der Waals surface area contributed by atoms with Crippen LogP contribution in [0.25, 0.3) is 0 Å². The van der Waals surface area contributed by atoms with E-state index in [0.29, 0.717) is 31.6 Å². The van der Waals surface area contributed by atoms with Crippen LogP contribution in [0.5, 0.6) is 0 Å². The summed E-state index contributed by atoms with van der Waals surface area (Å²) < 4.78 is 4.80. The van der Waals surface area contributed by atoms with Gasteiger partial charge in [0.2, 0.25) is 5.91 Å². The maximum Gasteiger partial charge on any atom is 0.308 e. The molecule has 1 aromatic carbocycles. The van der Waals surface area contributed by atoms with Gasteiger partial charge in [-0.3, -0.25) is 19.3 Å². The van der Waals surface area contributed by atoms with Crippen molar-refractivity contribution in [2.45, 2.75) is 39.2 Å². The highest BCUT2D eigenvalue weighted by Crippen LogP contribution is 2.30. The molecule has 3 rings (SSSR count). The van der Waals surface area contributed by atoms with Crippen molar-refractivity contribution in [2.24, 2.45) is 5.92 Å². The Hall–Kier alpha value is -2.21. The highest BCUT2D eigenvalue weighted by atomic mass is 16.5. The lowest BCUT2D eigenvalue weighted by Gasteiger charge is -2.33. The highest BCUT2D eigenvalue weighted by Gasteiger charge is 2.44. The van der Waals surface area contributed by atoms with E-state index in [1.807, 2.05) is 36.9 Å². The first-order valence-electron chi connectivity index (χ1n) is 8.67. The van der Waals surface area contributed by atoms with Crippen LogP contribution in [0.4, 0.5) is 5.69 Å². The molecule has 134 valence electrons. The van der Waals surface area contributed by atoms with E-state index < -0.39 is 6.04 Å². The first kappa shape index (κ1) is 17.6. The van der Waals surface area contributed by atoms with Gasteiger partial charge >= 0.3 is 5.97 Å². The van der Waals surface area contributed by atoms with Crippen LogP contribution in [0, 0.1) is 19.8 Å². The van der Waals surface area contributed by atoms with Gasteiger partial charge in [-0.1, -0.05) is 6.07 Å². The number of hydrogen-bond acceptors (Lipinski definition) is 5. The van der Waals surface area contributed by atoms with Crippen LogP contribution in [0.15, 0.2) is 18.2 Å². The molecule has 0 bridgehead atoms. The number of imide groups is 1. The van der Waals surface area contributed by atoms with E-state index in [9.17, 15) is 14.4 Å². The molecule has 0 radical (unpaired) electrons. The van der Waals surface area contributed by atoms with E-state index in [-0.39, 0.29) is 30.1 Å². The number of hydrogen-bond donors (Lipinski definition) is 0. The average molecular weight is 344 g/mol. The summed E-state index contributed by atoms with van der Waals surface area (Å²) in [5, 5.41) is 0. The summed E-state index contributed by atoms with van der Waals surface area (Å²) in [7, 11) is 1.40. The van der Waals surface area contributed by atoms with Crippen molar-refractivity contribution in [1.82, 2.24) is 4.90 Å². The number of aryl methyl sites for hydroxylation is 2. The molecule has 2 aliphatic heterocycles. The molecular formula is C19H24N2O4. The Bertz CT molecular complexity index is 687. The predicted molar refractivity (Wildman–Crippen MR) is 93.1 cm³/mol. The number of ether oxygens (including phenoxy) is 1. The number of rotatable bonds is 3. The van der Waals surface area contributed by atoms with Crippen LogP contribution < -0.4 is 4.90 Å². The topological polar surface area (TPSA) is 66.9 Å². The van der Waals surface area contributed by atoms with E-state index in [4.69, 9.17) is 4.74 Å². The van der Waals surface area contributed by atoms with Gasteiger partial charge < -0.3 is 4.74 Å². The lowest BCUT2D eigenvalue weighted by Crippen LogP contribution is -2.47. The monoisotopic (exact) mass is 344 g/mol. The third-order valence-corrected chi connectivity index (χ3v) is 5.09. The second-order valence-electron chi connectivity index (χ2n) is 6.97. The lowest BCUT2D eigenvalue weighted by molar-refractivity contribution is -0.147. The standard InChI is InChI=1S/C19H24N2O4/c1-12-8-13(2)10-15(9-12)21-17(22)11-16(18(21)23)20-6-4-14(5-7-20)19(24)25-3/h8-10,14,16H,4-7,11H2,1-3H3/t16-/m1/s1. The van der Waals surface area contributed by atoms with Crippen LogP contribution in [0.3, 0.4) is 0 Å². The quantitative estimate of drug-likeness (QED) is 0.618. The number of methoxy groups -OCH3 is 1. The van der Waals surface area contributed by atoms with Crippen molar-refractivity contribution in [3.63, 3.8) is 0 Å². The molecule has 1 atom stereocenters. The zero-order chi connectivity index (χ0) is 18.1. The molecule has 2 saturated heterocycles. The number of benzene rings is 1. The van der Waals surface area contributed by atoms with Crippen molar-refractivity contribution in [3.05, 3.63) is 29.3 Å². The molecule has 2 amide bonds. The van der Waals surface area contributed by atoms with Gasteiger partial charge in [-0.15, -0.1) is 0 Å². The zero-order valence-electron chi connectivity index (χ0n) is 14.9. The molecule has 25 heavy (non-hydrogen) atoms. The first-order chi connectivity index (χ1) is 11.9. The molecule has 2 fully saturated rings. The molecule has 0 aromatic heterocycles. The molecule has 1 aromatic rings. The van der Waals surface area contributed by atoms with Gasteiger partial charge in [0.05, 0.1) is 31.2 Å². The van der Waals surface area contributed by atoms with Crippen LogP contribution in [-0.4, -0.2) is 48.9 Å². The fourth-order valence-corrected chi connectivity index (χ4v) is 3.87. The number of nitrogens with zero attached hydrogens (tertiary/aromatic N) is 2. The molecule has 0 unspecified atom stereocenters. The third kappa shape index (κ3) is 3.44. The van der Waals surface area contributed by atoms with E-state index in [0.717, 1.165) is 11.1 Å². The Morgan fingerprint density at radius 3 is 2.24 bits per heavy atom. The second-order valence-corrected chi connectivity index (χ2v) is 6.97. The maximum absolute atomic E-state index is 12.9. The Morgan fingerprint density at radius 1 is 1.08 bits per heavy atom. The smallest absolute Gasteiger partial charge is 0.308 e.